The van der Waals surface area contributed by atoms with Gasteiger partial charge in [0.1, 0.15) is 11.1 Å². The van der Waals surface area contributed by atoms with Crippen LogP contribution in [0.3, 0.4) is 0 Å². The first-order chi connectivity index (χ1) is 30.0. The zero-order chi connectivity index (χ0) is 46.9. The maximum absolute atomic E-state index is 12.8. The number of aromatic nitrogens is 4. The summed E-state index contributed by atoms with van der Waals surface area (Å²) >= 11 is 0. The van der Waals surface area contributed by atoms with Gasteiger partial charge in [-0.1, -0.05) is 12.1 Å². The van der Waals surface area contributed by atoms with Crippen LogP contribution >= 0.6 is 0 Å². The Bertz CT molecular complexity index is 2700. The highest BCUT2D eigenvalue weighted by molar-refractivity contribution is 7.90. The summed E-state index contributed by atoms with van der Waals surface area (Å²) in [4.78, 5) is 54.3. The lowest BCUT2D eigenvalue weighted by Crippen LogP contribution is -2.44. The van der Waals surface area contributed by atoms with E-state index in [1.807, 2.05) is 0 Å². The number of nitrogens with zero attached hydrogens (tertiary/aromatic N) is 7. The molecule has 0 radical (unpaired) electrons. The van der Waals surface area contributed by atoms with Crippen molar-refractivity contribution in [3.05, 3.63) is 81.2 Å². The van der Waals surface area contributed by atoms with E-state index < -0.39 is 37.2 Å². The third-order valence-electron chi connectivity index (χ3n) is 12.2. The number of hydrogen-bond donors (Lipinski definition) is 3. The van der Waals surface area contributed by atoms with E-state index in [9.17, 15) is 36.0 Å². The van der Waals surface area contributed by atoms with E-state index in [0.717, 1.165) is 86.7 Å². The number of urea groups is 1. The summed E-state index contributed by atoms with van der Waals surface area (Å²) in [5, 5.41) is 15.1. The van der Waals surface area contributed by atoms with Crippen LogP contribution in [0.5, 0.6) is 0 Å². The van der Waals surface area contributed by atoms with E-state index >= 15 is 0 Å². The highest BCUT2D eigenvalue weighted by Gasteiger charge is 2.35. The van der Waals surface area contributed by atoms with Crippen LogP contribution in [0, 0.1) is 0 Å². The van der Waals surface area contributed by atoms with Gasteiger partial charge in [-0.3, -0.25) is 19.0 Å². The zero-order valence-electron chi connectivity index (χ0n) is 37.7. The molecule has 0 aliphatic heterocycles. The largest absolute Gasteiger partial charge is 0.347 e. The summed E-state index contributed by atoms with van der Waals surface area (Å²) in [6.45, 7) is 6.59. The normalized spacial score (nSPS) is 15.0. The molecule has 2 aromatic carbocycles. The van der Waals surface area contributed by atoms with Crippen LogP contribution in [0.1, 0.15) is 97.9 Å². The van der Waals surface area contributed by atoms with Crippen molar-refractivity contribution in [2.24, 2.45) is 10.1 Å². The number of likely N-dealkylation sites (N-methyl/N-ethyl adjacent to an activating group) is 2. The van der Waals surface area contributed by atoms with Gasteiger partial charge in [-0.25, -0.2) is 27.9 Å². The maximum atomic E-state index is 12.8. The molecular formula is C44H58N10O8S2. The second-order valence-corrected chi connectivity index (χ2v) is 21.1. The van der Waals surface area contributed by atoms with Crippen molar-refractivity contribution >= 4 is 55.3 Å². The van der Waals surface area contributed by atoms with Crippen LogP contribution in [0.25, 0.3) is 0 Å². The van der Waals surface area contributed by atoms with Crippen molar-refractivity contribution < 1.29 is 36.0 Å². The number of primary sulfonamides is 1. The Hall–Kier alpha value is -5.69. The van der Waals surface area contributed by atoms with Gasteiger partial charge in [-0.05, 0) is 161 Å². The van der Waals surface area contributed by atoms with E-state index in [4.69, 9.17) is 5.14 Å². The number of fused-ring (bicyclic) bond motifs is 4. The molecule has 0 saturated heterocycles. The number of aliphatic imine (C=N–C) groups is 1. The van der Waals surface area contributed by atoms with E-state index in [2.05, 4.69) is 37.4 Å². The van der Waals surface area contributed by atoms with E-state index in [1.54, 1.807) is 62.0 Å². The molecule has 0 unspecified atom stereocenters. The first kappa shape index (κ1) is 47.8. The molecular weight excluding hydrogens is 861 g/mol. The van der Waals surface area contributed by atoms with Gasteiger partial charge in [0.05, 0.1) is 5.69 Å². The van der Waals surface area contributed by atoms with Gasteiger partial charge in [0.15, 0.2) is 10.1 Å². The highest BCUT2D eigenvalue weighted by Crippen LogP contribution is 2.40. The van der Waals surface area contributed by atoms with E-state index in [1.165, 1.54) is 89.9 Å². The number of benzene rings is 2. The van der Waals surface area contributed by atoms with Gasteiger partial charge in [-0.15, -0.1) is 0 Å². The summed E-state index contributed by atoms with van der Waals surface area (Å²) in [5.41, 5.74) is 9.89. The summed E-state index contributed by atoms with van der Waals surface area (Å²) in [5.74, 6) is -0.427. The Labute approximate surface area is 374 Å². The minimum atomic E-state index is -4.21. The fourth-order valence-corrected chi connectivity index (χ4v) is 10.4. The minimum absolute atomic E-state index is 0.193. The summed E-state index contributed by atoms with van der Waals surface area (Å²) in [6, 6.07) is 6.32. The molecule has 0 spiro atoms. The molecule has 8 rings (SSSR count). The highest BCUT2D eigenvalue weighted by atomic mass is 32.2. The Morgan fingerprint density at radius 1 is 0.672 bits per heavy atom. The summed E-state index contributed by atoms with van der Waals surface area (Å²) < 4.78 is 52.4. The second kappa shape index (κ2) is 18.4. The van der Waals surface area contributed by atoms with Crippen molar-refractivity contribution in [2.45, 2.75) is 126 Å². The molecule has 2 aromatic heterocycles. The lowest BCUT2D eigenvalue weighted by Gasteiger charge is -2.27. The smallest absolute Gasteiger partial charge is 0.333 e. The Kier molecular flexibility index (Phi) is 13.8. The van der Waals surface area contributed by atoms with Gasteiger partial charge in [-0.2, -0.15) is 23.6 Å². The number of aryl methyl sites for hydroxylation is 4. The standard InChI is InChI=1S/C22H29N5O4S.C13H13NO.C9H16N4O3S/c1-22(2,20(28)26(3)4)27-12-11-18(24-27)32(30,31)25-21(29)23-19-16-9-5-7-14(16)13-15-8-6-10-17(15)19;15-8-14-13-11-5-1-3-9(11)7-10-4-2-6-12(10)13;1-9(2,8(14)12(3)4)13-6-5-7(11-13)17(10,15)16/h11-13H,5-10H2,1-4H3,(H2,23,25,29);7H,1-6H2;5-6H,1-4H3,(H2,10,15,16). The number of rotatable bonds is 9. The Morgan fingerprint density at radius 3 is 1.45 bits per heavy atom. The number of nitrogens with one attached hydrogen (secondary N) is 2. The molecule has 0 fully saturated rings. The molecule has 4 aliphatic carbocycles. The number of sulfonamides is 2. The van der Waals surface area contributed by atoms with Crippen molar-refractivity contribution in [3.8, 4) is 0 Å². The topological polar surface area (TPSA) is 241 Å². The van der Waals surface area contributed by atoms with Gasteiger partial charge in [0.2, 0.25) is 17.9 Å². The van der Waals surface area contributed by atoms with Crippen LogP contribution in [0.2, 0.25) is 0 Å². The molecule has 344 valence electrons. The Balaban J connectivity index is 0.000000178. The predicted octanol–water partition coefficient (Wildman–Crippen LogP) is 4.18. The number of hydrogen-bond acceptors (Lipinski definition) is 11. The molecule has 4 aromatic rings. The number of anilines is 1. The fraction of sp³-hybridized carbons (Fsp3) is 0.500. The third kappa shape index (κ3) is 9.84. The molecule has 64 heavy (non-hydrogen) atoms. The first-order valence-corrected chi connectivity index (χ1v) is 24.3. The summed E-state index contributed by atoms with van der Waals surface area (Å²) in [6.07, 6.45) is 17.2. The number of isocyanates is 1. The minimum Gasteiger partial charge on any atom is -0.347 e. The molecule has 18 nitrogen and oxygen atoms in total. The Morgan fingerprint density at radius 2 is 1.06 bits per heavy atom. The van der Waals surface area contributed by atoms with Gasteiger partial charge < -0.3 is 15.1 Å². The molecule has 20 heteroatoms. The average Bonchev–Trinajstić information content (AvgIpc) is 4.08. The van der Waals surface area contributed by atoms with Gasteiger partial charge >= 0.3 is 6.03 Å². The van der Waals surface area contributed by atoms with Crippen LogP contribution in [-0.4, -0.2) is 98.3 Å². The molecule has 0 atom stereocenters. The fourth-order valence-electron chi connectivity index (χ4n) is 9.07. The molecule has 2 heterocycles. The van der Waals surface area contributed by atoms with Crippen LogP contribution < -0.4 is 15.2 Å². The zero-order valence-corrected chi connectivity index (χ0v) is 39.4. The SMILES string of the molecule is CN(C)C(=O)C(C)(C)n1ccc(S(=O)(=O)NC(=O)Nc2c3c(cc4c2CCC4)CCC3)n1.CN(C)C(=O)C(C)(C)n1ccc(S(N)(=O)=O)n1.O=C=Nc1c2c(cc3c1CCC3)CCC2. The lowest BCUT2D eigenvalue weighted by molar-refractivity contribution is -0.137. The predicted molar refractivity (Wildman–Crippen MR) is 240 cm³/mol. The lowest BCUT2D eigenvalue weighted by atomic mass is 9.99. The van der Waals surface area contributed by atoms with Crippen molar-refractivity contribution in [1.29, 1.82) is 0 Å². The van der Waals surface area contributed by atoms with Crippen LogP contribution in [-0.2, 0) is 96.9 Å². The molecule has 0 bridgehead atoms. The van der Waals surface area contributed by atoms with E-state index in [0.29, 0.717) is 0 Å². The van der Waals surface area contributed by atoms with Crippen molar-refractivity contribution in [1.82, 2.24) is 34.1 Å². The number of amides is 4. The maximum Gasteiger partial charge on any atom is 0.333 e. The van der Waals surface area contributed by atoms with E-state index in [-0.39, 0.29) is 21.9 Å². The second-order valence-electron chi connectivity index (χ2n) is 18.0. The van der Waals surface area contributed by atoms with Gasteiger partial charge in [0.25, 0.3) is 20.0 Å². The number of carbonyl (C=O) groups excluding carboxylic acids is 4. The molecule has 4 aliphatic rings. The molecule has 0 saturated carbocycles. The van der Waals surface area contributed by atoms with Gasteiger partial charge in [0, 0.05) is 46.3 Å². The number of carbonyl (C=O) groups is 3. The third-order valence-corrected chi connectivity index (χ3v) is 14.3. The van der Waals surface area contributed by atoms with Crippen molar-refractivity contribution in [2.75, 3.05) is 33.5 Å². The van der Waals surface area contributed by atoms with Crippen LogP contribution in [0.15, 0.2) is 51.7 Å². The van der Waals surface area contributed by atoms with Crippen LogP contribution in [0.4, 0.5) is 16.2 Å². The quantitative estimate of drug-likeness (QED) is 0.160. The first-order valence-electron chi connectivity index (χ1n) is 21.3. The molecule has 4 N–H and O–H groups in total. The summed E-state index contributed by atoms with van der Waals surface area (Å²) in [7, 11) is -1.58. The monoisotopic (exact) mass is 918 g/mol. The van der Waals surface area contributed by atoms with Crippen molar-refractivity contribution in [3.63, 3.8) is 0 Å². The number of nitrogens with two attached hydrogens (primary N) is 1. The molecule has 4 amide bonds. The average molecular weight is 919 g/mol.